The number of benzene rings is 2. The molecule has 4 heteroatoms. The van der Waals surface area contributed by atoms with E-state index in [9.17, 15) is 9.59 Å². The van der Waals surface area contributed by atoms with Crippen molar-refractivity contribution in [3.05, 3.63) is 66.8 Å². The molecule has 4 nitrogen and oxygen atoms in total. The average Bonchev–Trinajstić information content (AvgIpc) is 2.54. The van der Waals surface area contributed by atoms with Crippen molar-refractivity contribution in [2.24, 2.45) is 0 Å². The lowest BCUT2D eigenvalue weighted by molar-refractivity contribution is -0.136. The van der Waals surface area contributed by atoms with Gasteiger partial charge in [0.1, 0.15) is 5.75 Å². The Kier molecular flexibility index (Phi) is 6.74. The minimum Gasteiger partial charge on any atom is -0.466 e. The Morgan fingerprint density at radius 3 is 1.91 bits per heavy atom. The molecule has 0 aliphatic heterocycles. The first-order valence-corrected chi connectivity index (χ1v) is 6.95. The fraction of sp³-hybridized carbons (Fsp3) is 0.158. The van der Waals surface area contributed by atoms with Gasteiger partial charge in [0.15, 0.2) is 0 Å². The van der Waals surface area contributed by atoms with Gasteiger partial charge >= 0.3 is 11.9 Å². The predicted molar refractivity (Wildman–Crippen MR) is 91.2 cm³/mol. The molecule has 2 rings (SSSR count). The molecule has 0 unspecified atom stereocenters. The lowest BCUT2D eigenvalue weighted by atomic mass is 10.1. The highest BCUT2D eigenvalue weighted by Crippen LogP contribution is 2.21. The molecular formula is C19H20O4. The number of carbonyl (C=O) groups is 2. The van der Waals surface area contributed by atoms with Crippen LogP contribution in [0.4, 0.5) is 0 Å². The van der Waals surface area contributed by atoms with Crippen molar-refractivity contribution in [1.29, 1.82) is 0 Å². The van der Waals surface area contributed by atoms with E-state index in [0.717, 1.165) is 10.8 Å². The highest BCUT2D eigenvalue weighted by molar-refractivity contribution is 5.90. The van der Waals surface area contributed by atoms with E-state index in [2.05, 4.69) is 17.9 Å². The zero-order chi connectivity index (χ0) is 17.4. The molecule has 0 N–H and O–H groups in total. The Bertz CT molecular complexity index is 744. The fourth-order valence-electron chi connectivity index (χ4n) is 1.60. The van der Waals surface area contributed by atoms with Crippen LogP contribution >= 0.6 is 0 Å². The first kappa shape index (κ1) is 18.2. The molecule has 0 atom stereocenters. The highest BCUT2D eigenvalue weighted by atomic mass is 16.5. The standard InChI is InChI=1S/C14H12O2.C5H8O2/c1-10(2)14(15)16-13-8-7-11-5-3-4-6-12(11)9-13;1-4(2)5(6)7-3/h3-9H,1H2,2H3;1H2,2-3H3. The van der Waals surface area contributed by atoms with E-state index in [1.807, 2.05) is 36.4 Å². The van der Waals surface area contributed by atoms with Gasteiger partial charge in [0.2, 0.25) is 0 Å². The first-order chi connectivity index (χ1) is 10.8. The van der Waals surface area contributed by atoms with Crippen molar-refractivity contribution >= 4 is 22.7 Å². The Hall–Kier alpha value is -2.88. The summed E-state index contributed by atoms with van der Waals surface area (Å²) in [5, 5.41) is 2.17. The van der Waals surface area contributed by atoms with Crippen molar-refractivity contribution in [1.82, 2.24) is 0 Å². The number of hydrogen-bond acceptors (Lipinski definition) is 4. The van der Waals surface area contributed by atoms with Gasteiger partial charge in [0.05, 0.1) is 7.11 Å². The molecule has 0 aromatic heterocycles. The zero-order valence-corrected chi connectivity index (χ0v) is 13.6. The van der Waals surface area contributed by atoms with Crippen molar-refractivity contribution in [2.75, 3.05) is 7.11 Å². The van der Waals surface area contributed by atoms with Crippen LogP contribution in [0.5, 0.6) is 5.75 Å². The van der Waals surface area contributed by atoms with Gasteiger partial charge in [0, 0.05) is 11.1 Å². The largest absolute Gasteiger partial charge is 0.466 e. The fourth-order valence-corrected chi connectivity index (χ4v) is 1.60. The predicted octanol–water partition coefficient (Wildman–Crippen LogP) is 4.06. The summed E-state index contributed by atoms with van der Waals surface area (Å²) in [4.78, 5) is 21.5. The van der Waals surface area contributed by atoms with Crippen molar-refractivity contribution in [3.8, 4) is 5.75 Å². The topological polar surface area (TPSA) is 52.6 Å². The normalized spacial score (nSPS) is 9.35. The van der Waals surface area contributed by atoms with Crippen molar-refractivity contribution < 1.29 is 19.1 Å². The molecule has 2 aromatic rings. The van der Waals surface area contributed by atoms with Crippen molar-refractivity contribution in [3.63, 3.8) is 0 Å². The molecule has 0 spiro atoms. The number of hydrogen-bond donors (Lipinski definition) is 0. The second kappa shape index (κ2) is 8.54. The van der Waals surface area contributed by atoms with E-state index >= 15 is 0 Å². The molecule has 0 fully saturated rings. The van der Waals surface area contributed by atoms with E-state index in [-0.39, 0.29) is 5.97 Å². The number of rotatable bonds is 3. The van der Waals surface area contributed by atoms with Crippen LogP contribution in [0.25, 0.3) is 10.8 Å². The Balaban J connectivity index is 0.000000322. The molecule has 23 heavy (non-hydrogen) atoms. The van der Waals surface area contributed by atoms with Crippen LogP contribution in [0, 0.1) is 0 Å². The van der Waals surface area contributed by atoms with E-state index in [1.165, 1.54) is 7.11 Å². The summed E-state index contributed by atoms with van der Waals surface area (Å²) in [7, 11) is 1.33. The van der Waals surface area contributed by atoms with E-state index in [1.54, 1.807) is 19.9 Å². The summed E-state index contributed by atoms with van der Waals surface area (Å²) >= 11 is 0. The SMILES string of the molecule is C=C(C)C(=O)OC.C=C(C)C(=O)Oc1ccc2ccccc2c1. The summed E-state index contributed by atoms with van der Waals surface area (Å²) in [5.41, 5.74) is 0.829. The summed E-state index contributed by atoms with van der Waals surface area (Å²) in [6, 6.07) is 13.5. The third kappa shape index (κ3) is 5.79. The number of carbonyl (C=O) groups excluding carboxylic acids is 2. The van der Waals surface area contributed by atoms with Crippen LogP contribution in [-0.2, 0) is 14.3 Å². The van der Waals surface area contributed by atoms with Gasteiger partial charge in [-0.1, -0.05) is 43.5 Å². The second-order valence-corrected chi connectivity index (χ2v) is 4.95. The van der Waals surface area contributed by atoms with E-state index < -0.39 is 5.97 Å². The molecule has 2 aromatic carbocycles. The Labute approximate surface area is 136 Å². The van der Waals surface area contributed by atoms with Crippen LogP contribution < -0.4 is 4.74 Å². The summed E-state index contributed by atoms with van der Waals surface area (Å²) < 4.78 is 9.42. The van der Waals surface area contributed by atoms with Gasteiger partial charge in [-0.15, -0.1) is 0 Å². The lowest BCUT2D eigenvalue weighted by Crippen LogP contribution is -2.07. The van der Waals surface area contributed by atoms with Crippen LogP contribution in [0.15, 0.2) is 66.8 Å². The molecule has 0 aliphatic carbocycles. The molecule has 0 saturated carbocycles. The second-order valence-electron chi connectivity index (χ2n) is 4.95. The van der Waals surface area contributed by atoms with Gasteiger partial charge in [-0.05, 0) is 36.8 Å². The Morgan fingerprint density at radius 2 is 1.43 bits per heavy atom. The third-order valence-corrected chi connectivity index (χ3v) is 2.81. The molecule has 0 heterocycles. The molecule has 0 bridgehead atoms. The minimum absolute atomic E-state index is 0.347. The van der Waals surface area contributed by atoms with Crippen LogP contribution in [0.1, 0.15) is 13.8 Å². The summed E-state index contributed by atoms with van der Waals surface area (Å²) in [6.07, 6.45) is 0. The molecule has 0 saturated heterocycles. The molecule has 120 valence electrons. The lowest BCUT2D eigenvalue weighted by Gasteiger charge is -2.04. The van der Waals surface area contributed by atoms with Crippen LogP contribution in [0.2, 0.25) is 0 Å². The number of fused-ring (bicyclic) bond motifs is 1. The first-order valence-electron chi connectivity index (χ1n) is 6.95. The average molecular weight is 312 g/mol. The monoisotopic (exact) mass is 312 g/mol. The minimum atomic E-state index is -0.393. The highest BCUT2D eigenvalue weighted by Gasteiger charge is 2.05. The smallest absolute Gasteiger partial charge is 0.338 e. The van der Waals surface area contributed by atoms with Gasteiger partial charge < -0.3 is 9.47 Å². The number of esters is 2. The van der Waals surface area contributed by atoms with Crippen LogP contribution in [0.3, 0.4) is 0 Å². The van der Waals surface area contributed by atoms with Gasteiger partial charge in [-0.3, -0.25) is 0 Å². The summed E-state index contributed by atoms with van der Waals surface area (Å²) in [5.74, 6) is -0.193. The van der Waals surface area contributed by atoms with E-state index in [0.29, 0.717) is 16.9 Å². The summed E-state index contributed by atoms with van der Waals surface area (Å²) in [6.45, 7) is 10.1. The quantitative estimate of drug-likeness (QED) is 0.487. The third-order valence-electron chi connectivity index (χ3n) is 2.81. The maximum absolute atomic E-state index is 11.3. The van der Waals surface area contributed by atoms with E-state index in [4.69, 9.17) is 4.74 Å². The number of ether oxygens (including phenoxy) is 2. The number of methoxy groups -OCH3 is 1. The maximum atomic E-state index is 11.3. The van der Waals surface area contributed by atoms with Crippen LogP contribution in [-0.4, -0.2) is 19.0 Å². The van der Waals surface area contributed by atoms with Crippen molar-refractivity contribution in [2.45, 2.75) is 13.8 Å². The zero-order valence-electron chi connectivity index (χ0n) is 13.6. The Morgan fingerprint density at radius 1 is 0.870 bits per heavy atom. The van der Waals surface area contributed by atoms with Gasteiger partial charge in [-0.2, -0.15) is 0 Å². The maximum Gasteiger partial charge on any atom is 0.338 e. The molecule has 0 radical (unpaired) electrons. The van der Waals surface area contributed by atoms with Gasteiger partial charge in [-0.25, -0.2) is 9.59 Å². The molecule has 0 aliphatic rings. The molecule has 0 amide bonds. The molecular weight excluding hydrogens is 292 g/mol. The van der Waals surface area contributed by atoms with Gasteiger partial charge in [0.25, 0.3) is 0 Å².